The third kappa shape index (κ3) is 2.46. The molecule has 0 atom stereocenters. The van der Waals surface area contributed by atoms with Gasteiger partial charge in [0.25, 0.3) is 5.91 Å². The van der Waals surface area contributed by atoms with Crippen LogP contribution < -0.4 is 5.48 Å². The largest absolute Gasteiger partial charge is 0.324 e. The predicted molar refractivity (Wildman–Crippen MR) is 84.7 cm³/mol. The molecule has 1 aromatic heterocycles. The number of amides is 1. The van der Waals surface area contributed by atoms with Crippen molar-refractivity contribution in [3.8, 4) is 11.4 Å². The lowest BCUT2D eigenvalue weighted by atomic mass is 10.1. The van der Waals surface area contributed by atoms with Crippen LogP contribution in [0, 0.1) is 0 Å². The van der Waals surface area contributed by atoms with E-state index in [0.717, 1.165) is 35.4 Å². The number of carbonyl (C=O) groups excluding carboxylic acids is 1. The molecule has 0 radical (unpaired) electrons. The molecule has 0 unspecified atom stereocenters. The molecule has 5 heteroatoms. The van der Waals surface area contributed by atoms with E-state index in [0.29, 0.717) is 5.56 Å². The Morgan fingerprint density at radius 2 is 1.91 bits per heavy atom. The molecule has 0 fully saturated rings. The predicted octanol–water partition coefficient (Wildman–Crippen LogP) is 3.23. The van der Waals surface area contributed by atoms with Gasteiger partial charge in [-0.3, -0.25) is 10.0 Å². The molecule has 2 aromatic carbocycles. The highest BCUT2D eigenvalue weighted by molar-refractivity contribution is 5.93. The van der Waals surface area contributed by atoms with Gasteiger partial charge in [0.15, 0.2) is 0 Å². The lowest BCUT2D eigenvalue weighted by molar-refractivity contribution is 0.0706. The monoisotopic (exact) mass is 295 g/mol. The average molecular weight is 295 g/mol. The Morgan fingerprint density at radius 3 is 2.59 bits per heavy atom. The second-order valence-electron chi connectivity index (χ2n) is 5.09. The van der Waals surface area contributed by atoms with Crippen molar-refractivity contribution in [3.05, 3.63) is 54.1 Å². The number of hydrogen-bond acceptors (Lipinski definition) is 3. The van der Waals surface area contributed by atoms with E-state index < -0.39 is 5.91 Å². The van der Waals surface area contributed by atoms with E-state index in [4.69, 9.17) is 10.2 Å². The normalized spacial score (nSPS) is 10.8. The zero-order valence-corrected chi connectivity index (χ0v) is 12.3. The maximum atomic E-state index is 11.4. The van der Waals surface area contributed by atoms with Gasteiger partial charge < -0.3 is 4.57 Å². The molecule has 5 nitrogen and oxygen atoms in total. The fraction of sp³-hybridized carbons (Fsp3) is 0.176. The Kier molecular flexibility index (Phi) is 3.89. The van der Waals surface area contributed by atoms with Crippen molar-refractivity contribution in [1.82, 2.24) is 15.0 Å². The van der Waals surface area contributed by atoms with Gasteiger partial charge in [-0.25, -0.2) is 10.5 Å². The van der Waals surface area contributed by atoms with Gasteiger partial charge in [0.05, 0.1) is 11.0 Å². The molecule has 0 spiro atoms. The SMILES string of the molecule is CCCn1c(-c2ccc(C(=O)NO)cc2)nc2ccccc21. The van der Waals surface area contributed by atoms with Crippen LogP contribution in [0.1, 0.15) is 23.7 Å². The van der Waals surface area contributed by atoms with Crippen LogP contribution in [-0.4, -0.2) is 20.7 Å². The van der Waals surface area contributed by atoms with Crippen molar-refractivity contribution in [2.24, 2.45) is 0 Å². The first-order valence-corrected chi connectivity index (χ1v) is 7.24. The number of nitrogens with zero attached hydrogens (tertiary/aromatic N) is 2. The third-order valence-electron chi connectivity index (χ3n) is 3.61. The Labute approximate surface area is 128 Å². The summed E-state index contributed by atoms with van der Waals surface area (Å²) in [7, 11) is 0. The number of benzene rings is 2. The first-order chi connectivity index (χ1) is 10.7. The minimum Gasteiger partial charge on any atom is -0.324 e. The Bertz CT molecular complexity index is 806. The molecular formula is C17H17N3O2. The highest BCUT2D eigenvalue weighted by Gasteiger charge is 2.12. The summed E-state index contributed by atoms with van der Waals surface area (Å²) < 4.78 is 2.19. The van der Waals surface area contributed by atoms with E-state index in [1.54, 1.807) is 17.6 Å². The molecule has 112 valence electrons. The number of hydroxylamine groups is 1. The zero-order chi connectivity index (χ0) is 15.5. The van der Waals surface area contributed by atoms with Crippen molar-refractivity contribution in [2.75, 3.05) is 0 Å². The molecule has 1 amide bonds. The summed E-state index contributed by atoms with van der Waals surface area (Å²) in [6, 6.07) is 15.1. The van der Waals surface area contributed by atoms with Crippen LogP contribution in [0.3, 0.4) is 0 Å². The molecule has 3 aromatic rings. The van der Waals surface area contributed by atoms with Crippen molar-refractivity contribution in [2.45, 2.75) is 19.9 Å². The molecule has 0 aliphatic heterocycles. The van der Waals surface area contributed by atoms with E-state index in [1.807, 2.05) is 30.3 Å². The molecular weight excluding hydrogens is 278 g/mol. The summed E-state index contributed by atoms with van der Waals surface area (Å²) in [6.45, 7) is 3.02. The van der Waals surface area contributed by atoms with E-state index in [-0.39, 0.29) is 0 Å². The summed E-state index contributed by atoms with van der Waals surface area (Å²) in [4.78, 5) is 16.1. The van der Waals surface area contributed by atoms with Crippen LogP contribution in [-0.2, 0) is 6.54 Å². The fourth-order valence-corrected chi connectivity index (χ4v) is 2.58. The zero-order valence-electron chi connectivity index (χ0n) is 12.3. The molecule has 3 rings (SSSR count). The van der Waals surface area contributed by atoms with Gasteiger partial charge in [0.1, 0.15) is 5.82 Å². The van der Waals surface area contributed by atoms with Crippen LogP contribution >= 0.6 is 0 Å². The third-order valence-corrected chi connectivity index (χ3v) is 3.61. The quantitative estimate of drug-likeness (QED) is 0.573. The van der Waals surface area contributed by atoms with Crippen LogP contribution in [0.5, 0.6) is 0 Å². The van der Waals surface area contributed by atoms with Crippen molar-refractivity contribution < 1.29 is 10.0 Å². The van der Waals surface area contributed by atoms with Gasteiger partial charge in [-0.05, 0) is 30.7 Å². The number of aryl methyl sites for hydroxylation is 1. The van der Waals surface area contributed by atoms with Crippen LogP contribution in [0.15, 0.2) is 48.5 Å². The maximum Gasteiger partial charge on any atom is 0.274 e. The molecule has 0 aliphatic rings. The number of carbonyl (C=O) groups is 1. The summed E-state index contributed by atoms with van der Waals surface area (Å²) in [5.41, 5.74) is 5.05. The van der Waals surface area contributed by atoms with Gasteiger partial charge in [-0.15, -0.1) is 0 Å². The van der Waals surface area contributed by atoms with Gasteiger partial charge in [-0.1, -0.05) is 31.2 Å². The van der Waals surface area contributed by atoms with Crippen molar-refractivity contribution in [1.29, 1.82) is 0 Å². The fourth-order valence-electron chi connectivity index (χ4n) is 2.58. The summed E-state index contributed by atoms with van der Waals surface area (Å²) >= 11 is 0. The molecule has 0 saturated carbocycles. The average Bonchev–Trinajstić information content (AvgIpc) is 2.93. The molecule has 22 heavy (non-hydrogen) atoms. The van der Waals surface area contributed by atoms with Gasteiger partial charge >= 0.3 is 0 Å². The van der Waals surface area contributed by atoms with Gasteiger partial charge in [-0.2, -0.15) is 0 Å². The molecule has 0 aliphatic carbocycles. The standard InChI is InChI=1S/C17H17N3O2/c1-2-11-20-15-6-4-3-5-14(15)18-16(20)12-7-9-13(10-8-12)17(21)19-22/h3-10,22H,2,11H2,1H3,(H,19,21). The number of rotatable bonds is 4. The second kappa shape index (κ2) is 5.99. The Balaban J connectivity index is 2.09. The topological polar surface area (TPSA) is 67.2 Å². The number of fused-ring (bicyclic) bond motifs is 1. The molecule has 1 heterocycles. The summed E-state index contributed by atoms with van der Waals surface area (Å²) in [5.74, 6) is 0.368. The summed E-state index contributed by atoms with van der Waals surface area (Å²) in [6.07, 6.45) is 1.01. The van der Waals surface area contributed by atoms with Crippen LogP contribution in [0.2, 0.25) is 0 Å². The van der Waals surface area contributed by atoms with Gasteiger partial charge in [0, 0.05) is 17.7 Å². The molecule has 2 N–H and O–H groups in total. The van der Waals surface area contributed by atoms with Crippen molar-refractivity contribution >= 4 is 16.9 Å². The lowest BCUT2D eigenvalue weighted by Gasteiger charge is -2.08. The van der Waals surface area contributed by atoms with E-state index in [9.17, 15) is 4.79 Å². The number of nitrogens with one attached hydrogen (secondary N) is 1. The lowest BCUT2D eigenvalue weighted by Crippen LogP contribution is -2.18. The van der Waals surface area contributed by atoms with Gasteiger partial charge in [0.2, 0.25) is 0 Å². The highest BCUT2D eigenvalue weighted by atomic mass is 16.5. The van der Waals surface area contributed by atoms with Crippen molar-refractivity contribution in [3.63, 3.8) is 0 Å². The van der Waals surface area contributed by atoms with Crippen LogP contribution in [0.25, 0.3) is 22.4 Å². The number of aromatic nitrogens is 2. The maximum absolute atomic E-state index is 11.4. The number of para-hydroxylation sites is 2. The first kappa shape index (κ1) is 14.3. The second-order valence-corrected chi connectivity index (χ2v) is 5.09. The number of imidazole rings is 1. The minimum atomic E-state index is -0.520. The Morgan fingerprint density at radius 1 is 1.18 bits per heavy atom. The smallest absolute Gasteiger partial charge is 0.274 e. The van der Waals surface area contributed by atoms with Crippen LogP contribution in [0.4, 0.5) is 0 Å². The Hall–Kier alpha value is -2.66. The number of hydrogen-bond donors (Lipinski definition) is 2. The highest BCUT2D eigenvalue weighted by Crippen LogP contribution is 2.25. The van der Waals surface area contributed by atoms with E-state index in [2.05, 4.69) is 17.6 Å². The summed E-state index contributed by atoms with van der Waals surface area (Å²) in [5, 5.41) is 8.67. The van der Waals surface area contributed by atoms with E-state index in [1.165, 1.54) is 0 Å². The molecule has 0 saturated heterocycles. The molecule has 0 bridgehead atoms. The first-order valence-electron chi connectivity index (χ1n) is 7.24. The van der Waals surface area contributed by atoms with E-state index >= 15 is 0 Å². The minimum absolute atomic E-state index is 0.407.